The Kier molecular flexibility index (Phi) is 4.96. The zero-order valence-electron chi connectivity index (χ0n) is 10.1. The van der Waals surface area contributed by atoms with E-state index in [1.54, 1.807) is 6.92 Å². The quantitative estimate of drug-likeness (QED) is 0.575. The van der Waals surface area contributed by atoms with Gasteiger partial charge in [0.15, 0.2) is 0 Å². The number of aliphatic hydroxyl groups is 1. The molecule has 0 bridgehead atoms. The standard InChI is InChI=1S/C12H18BrN3O/c1-8(17)5-6-16(2)9-3-4-10(12(14)15)11(13)7-9/h3-4,7-8,17H,5-6H2,1-2H3,(H3,14,15). The molecule has 0 radical (unpaired) electrons. The molecule has 0 amide bonds. The first kappa shape index (κ1) is 14.0. The molecule has 1 aromatic carbocycles. The smallest absolute Gasteiger partial charge is 0.123 e. The predicted molar refractivity (Wildman–Crippen MR) is 74.7 cm³/mol. The molecule has 1 atom stereocenters. The van der Waals surface area contributed by atoms with Gasteiger partial charge in [-0.05, 0) is 47.5 Å². The third kappa shape index (κ3) is 4.02. The van der Waals surface area contributed by atoms with Gasteiger partial charge in [-0.2, -0.15) is 0 Å². The van der Waals surface area contributed by atoms with Crippen molar-refractivity contribution in [2.24, 2.45) is 5.73 Å². The molecule has 0 spiro atoms. The highest BCUT2D eigenvalue weighted by Gasteiger charge is 2.07. The monoisotopic (exact) mass is 299 g/mol. The summed E-state index contributed by atoms with van der Waals surface area (Å²) in [7, 11) is 1.97. The van der Waals surface area contributed by atoms with Crippen molar-refractivity contribution in [1.82, 2.24) is 0 Å². The highest BCUT2D eigenvalue weighted by molar-refractivity contribution is 9.10. The average molecular weight is 300 g/mol. The van der Waals surface area contributed by atoms with Crippen LogP contribution in [0.1, 0.15) is 18.9 Å². The fourth-order valence-corrected chi connectivity index (χ4v) is 2.05. The van der Waals surface area contributed by atoms with E-state index in [0.29, 0.717) is 5.56 Å². The van der Waals surface area contributed by atoms with Crippen LogP contribution < -0.4 is 10.6 Å². The molecule has 0 aromatic heterocycles. The van der Waals surface area contributed by atoms with Crippen molar-refractivity contribution in [3.05, 3.63) is 28.2 Å². The van der Waals surface area contributed by atoms with Crippen LogP contribution in [-0.4, -0.2) is 30.6 Å². The highest BCUT2D eigenvalue weighted by Crippen LogP contribution is 2.23. The number of hydrogen-bond acceptors (Lipinski definition) is 3. The molecule has 4 N–H and O–H groups in total. The van der Waals surface area contributed by atoms with E-state index in [1.807, 2.05) is 25.2 Å². The SMILES string of the molecule is CC(O)CCN(C)c1ccc(C(=N)N)c(Br)c1. The lowest BCUT2D eigenvalue weighted by molar-refractivity contribution is 0.187. The van der Waals surface area contributed by atoms with E-state index in [2.05, 4.69) is 20.8 Å². The van der Waals surface area contributed by atoms with Crippen molar-refractivity contribution in [3.63, 3.8) is 0 Å². The molecule has 0 saturated heterocycles. The number of rotatable bonds is 5. The molecule has 0 aliphatic rings. The number of benzene rings is 1. The molecule has 1 aromatic rings. The summed E-state index contributed by atoms with van der Waals surface area (Å²) >= 11 is 3.40. The summed E-state index contributed by atoms with van der Waals surface area (Å²) < 4.78 is 0.811. The largest absolute Gasteiger partial charge is 0.393 e. The molecule has 1 unspecified atom stereocenters. The minimum absolute atomic E-state index is 0.0510. The third-order valence-electron chi connectivity index (χ3n) is 2.57. The first-order valence-corrected chi connectivity index (χ1v) is 6.24. The second-order valence-electron chi connectivity index (χ2n) is 4.14. The van der Waals surface area contributed by atoms with E-state index in [9.17, 15) is 5.11 Å². The van der Waals surface area contributed by atoms with Crippen LogP contribution in [-0.2, 0) is 0 Å². The van der Waals surface area contributed by atoms with Crippen molar-refractivity contribution in [1.29, 1.82) is 5.41 Å². The van der Waals surface area contributed by atoms with E-state index < -0.39 is 0 Å². The molecule has 0 fully saturated rings. The van der Waals surface area contributed by atoms with Gasteiger partial charge in [0.1, 0.15) is 5.84 Å². The normalized spacial score (nSPS) is 12.2. The number of amidine groups is 1. The van der Waals surface area contributed by atoms with Gasteiger partial charge < -0.3 is 15.7 Å². The van der Waals surface area contributed by atoms with E-state index in [0.717, 1.165) is 23.1 Å². The Labute approximate surface area is 110 Å². The van der Waals surface area contributed by atoms with E-state index in [4.69, 9.17) is 11.1 Å². The van der Waals surface area contributed by atoms with E-state index in [1.165, 1.54) is 0 Å². The molecule has 94 valence electrons. The number of halogens is 1. The zero-order valence-corrected chi connectivity index (χ0v) is 11.7. The summed E-state index contributed by atoms with van der Waals surface area (Å²) in [6.07, 6.45) is 0.431. The summed E-state index contributed by atoms with van der Waals surface area (Å²) in [4.78, 5) is 2.06. The Bertz CT molecular complexity index is 407. The molecule has 5 heteroatoms. The maximum atomic E-state index is 9.24. The fraction of sp³-hybridized carbons (Fsp3) is 0.417. The van der Waals surface area contributed by atoms with Crippen molar-refractivity contribution >= 4 is 27.5 Å². The van der Waals surface area contributed by atoms with Crippen LogP contribution in [0.4, 0.5) is 5.69 Å². The van der Waals surface area contributed by atoms with Gasteiger partial charge in [0.2, 0.25) is 0 Å². The van der Waals surface area contributed by atoms with Gasteiger partial charge in [-0.1, -0.05) is 0 Å². The maximum Gasteiger partial charge on any atom is 0.123 e. The second-order valence-corrected chi connectivity index (χ2v) is 4.99. The summed E-state index contributed by atoms with van der Waals surface area (Å²) in [6.45, 7) is 2.56. The molecule has 17 heavy (non-hydrogen) atoms. The van der Waals surface area contributed by atoms with E-state index >= 15 is 0 Å². The lowest BCUT2D eigenvalue weighted by Gasteiger charge is -2.21. The van der Waals surface area contributed by atoms with Crippen molar-refractivity contribution in [2.75, 3.05) is 18.5 Å². The Morgan fingerprint density at radius 3 is 2.71 bits per heavy atom. The first-order chi connectivity index (χ1) is 7.91. The van der Waals surface area contributed by atoms with Crippen LogP contribution in [0.5, 0.6) is 0 Å². The molecule has 0 aliphatic heterocycles. The average Bonchev–Trinajstić information content (AvgIpc) is 2.25. The van der Waals surface area contributed by atoms with Crippen LogP contribution >= 0.6 is 15.9 Å². The first-order valence-electron chi connectivity index (χ1n) is 5.45. The van der Waals surface area contributed by atoms with Crippen LogP contribution in [0.2, 0.25) is 0 Å². The molecule has 4 nitrogen and oxygen atoms in total. The highest BCUT2D eigenvalue weighted by atomic mass is 79.9. The minimum atomic E-state index is -0.294. The maximum absolute atomic E-state index is 9.24. The number of aliphatic hydroxyl groups excluding tert-OH is 1. The predicted octanol–water partition coefficient (Wildman–Crippen LogP) is 1.94. The van der Waals surface area contributed by atoms with Crippen molar-refractivity contribution in [3.8, 4) is 0 Å². The summed E-state index contributed by atoms with van der Waals surface area (Å²) in [5, 5.41) is 16.6. The number of hydrogen-bond donors (Lipinski definition) is 3. The lowest BCUT2D eigenvalue weighted by Crippen LogP contribution is -2.22. The number of nitrogens with one attached hydrogen (secondary N) is 1. The lowest BCUT2D eigenvalue weighted by atomic mass is 10.1. The second kappa shape index (κ2) is 6.02. The third-order valence-corrected chi connectivity index (χ3v) is 3.22. The van der Waals surface area contributed by atoms with Crippen LogP contribution in [0, 0.1) is 5.41 Å². The fourth-order valence-electron chi connectivity index (χ4n) is 1.47. The van der Waals surface area contributed by atoms with Crippen molar-refractivity contribution in [2.45, 2.75) is 19.4 Å². The van der Waals surface area contributed by atoms with Gasteiger partial charge in [-0.3, -0.25) is 5.41 Å². The van der Waals surface area contributed by atoms with Crippen LogP contribution in [0.3, 0.4) is 0 Å². The summed E-state index contributed by atoms with van der Waals surface area (Å²) in [5.74, 6) is 0.0510. The summed E-state index contributed by atoms with van der Waals surface area (Å²) in [5.41, 5.74) is 7.17. The van der Waals surface area contributed by atoms with Gasteiger partial charge in [0.25, 0.3) is 0 Å². The van der Waals surface area contributed by atoms with Gasteiger partial charge >= 0.3 is 0 Å². The number of nitrogen functional groups attached to an aromatic ring is 1. The molecular weight excluding hydrogens is 282 g/mol. The van der Waals surface area contributed by atoms with Gasteiger partial charge in [-0.15, -0.1) is 0 Å². The molecule has 0 saturated carbocycles. The van der Waals surface area contributed by atoms with Crippen LogP contribution in [0.25, 0.3) is 0 Å². The molecule has 0 heterocycles. The number of nitrogens with zero attached hydrogens (tertiary/aromatic N) is 1. The Morgan fingerprint density at radius 1 is 1.59 bits per heavy atom. The van der Waals surface area contributed by atoms with Crippen LogP contribution in [0.15, 0.2) is 22.7 Å². The zero-order chi connectivity index (χ0) is 13.0. The Balaban J connectivity index is 2.79. The number of nitrogens with two attached hydrogens (primary N) is 1. The Morgan fingerprint density at radius 2 is 2.24 bits per heavy atom. The molecule has 0 aliphatic carbocycles. The molecular formula is C12H18BrN3O. The van der Waals surface area contributed by atoms with Crippen molar-refractivity contribution < 1.29 is 5.11 Å². The Hall–Kier alpha value is -1.07. The topological polar surface area (TPSA) is 73.3 Å². The number of anilines is 1. The minimum Gasteiger partial charge on any atom is -0.393 e. The van der Waals surface area contributed by atoms with Gasteiger partial charge in [-0.25, -0.2) is 0 Å². The van der Waals surface area contributed by atoms with Gasteiger partial charge in [0, 0.05) is 29.3 Å². The van der Waals surface area contributed by atoms with E-state index in [-0.39, 0.29) is 11.9 Å². The van der Waals surface area contributed by atoms with Gasteiger partial charge in [0.05, 0.1) is 6.10 Å². The summed E-state index contributed by atoms with van der Waals surface area (Å²) in [6, 6.07) is 5.67. The molecule has 1 rings (SSSR count).